The molecule has 0 N–H and O–H groups in total. The molecule has 1 amide bonds. The molecule has 2 aromatic rings. The number of hydrogen-bond donors (Lipinski definition) is 0. The minimum atomic E-state index is -4.54. The Hall–Kier alpha value is -2.45. The van der Waals surface area contributed by atoms with E-state index < -0.39 is 11.9 Å². The van der Waals surface area contributed by atoms with Crippen molar-refractivity contribution in [3.63, 3.8) is 0 Å². The van der Waals surface area contributed by atoms with Gasteiger partial charge in [0.25, 0.3) is 0 Å². The van der Waals surface area contributed by atoms with Gasteiger partial charge in [-0.3, -0.25) is 9.78 Å². The summed E-state index contributed by atoms with van der Waals surface area (Å²) in [5, 5.41) is 3.75. The molecule has 1 atom stereocenters. The van der Waals surface area contributed by atoms with E-state index in [9.17, 15) is 18.0 Å². The number of hydrogen-bond acceptors (Lipinski definition) is 5. The van der Waals surface area contributed by atoms with Crippen LogP contribution < -0.4 is 0 Å². The van der Waals surface area contributed by atoms with Gasteiger partial charge in [0.05, 0.1) is 5.92 Å². The Bertz CT molecular complexity index is 773. The first-order chi connectivity index (χ1) is 11.7. The molecule has 1 fully saturated rings. The maximum Gasteiger partial charge on any atom is 0.433 e. The molecule has 0 radical (unpaired) electrons. The largest absolute Gasteiger partial charge is 0.433 e. The number of alkyl halides is 3. The van der Waals surface area contributed by atoms with E-state index in [0.717, 1.165) is 12.3 Å². The molecule has 9 heteroatoms. The summed E-state index contributed by atoms with van der Waals surface area (Å²) < 4.78 is 43.5. The molecule has 1 unspecified atom stereocenters. The fourth-order valence-corrected chi connectivity index (χ4v) is 2.80. The van der Waals surface area contributed by atoms with Crippen LogP contribution in [0.3, 0.4) is 0 Å². The number of rotatable bonds is 4. The van der Waals surface area contributed by atoms with Crippen LogP contribution in [0.15, 0.2) is 22.9 Å². The van der Waals surface area contributed by atoms with Gasteiger partial charge in [-0.15, -0.1) is 0 Å². The van der Waals surface area contributed by atoms with Crippen LogP contribution in [0.4, 0.5) is 13.2 Å². The standard InChI is InChI=1S/C16H17F3N4O2/c1-9(2)7-23-8-11(6-13(23)24)15-21-14(22-25-15)10-3-4-20-12(5-10)16(17,18)19/h3-5,9,11H,6-8H2,1-2H3. The summed E-state index contributed by atoms with van der Waals surface area (Å²) in [5.74, 6) is 0.439. The highest BCUT2D eigenvalue weighted by atomic mass is 19.4. The number of carbonyl (C=O) groups is 1. The Balaban J connectivity index is 1.79. The molecule has 0 aliphatic carbocycles. The van der Waals surface area contributed by atoms with Gasteiger partial charge < -0.3 is 9.42 Å². The predicted octanol–water partition coefficient (Wildman–Crippen LogP) is 3.12. The highest BCUT2D eigenvalue weighted by molar-refractivity contribution is 5.79. The topological polar surface area (TPSA) is 72.1 Å². The van der Waals surface area contributed by atoms with Crippen molar-refractivity contribution in [2.45, 2.75) is 32.4 Å². The molecule has 1 aliphatic heterocycles. The van der Waals surface area contributed by atoms with Crippen LogP contribution in [0.1, 0.15) is 37.8 Å². The van der Waals surface area contributed by atoms with Crippen molar-refractivity contribution >= 4 is 5.91 Å². The molecule has 0 spiro atoms. The maximum absolute atomic E-state index is 12.8. The van der Waals surface area contributed by atoms with Crippen molar-refractivity contribution < 1.29 is 22.5 Å². The van der Waals surface area contributed by atoms with Gasteiger partial charge in [0.2, 0.25) is 17.6 Å². The van der Waals surface area contributed by atoms with Crippen molar-refractivity contribution in [1.29, 1.82) is 0 Å². The summed E-state index contributed by atoms with van der Waals surface area (Å²) in [6, 6.07) is 2.26. The summed E-state index contributed by atoms with van der Waals surface area (Å²) in [5.41, 5.74) is -0.851. The Morgan fingerprint density at radius 2 is 2.16 bits per heavy atom. The maximum atomic E-state index is 12.8. The van der Waals surface area contributed by atoms with E-state index in [0.29, 0.717) is 19.0 Å². The van der Waals surface area contributed by atoms with Crippen molar-refractivity contribution in [1.82, 2.24) is 20.0 Å². The molecule has 0 saturated carbocycles. The second-order valence-corrected chi connectivity index (χ2v) is 6.48. The molecular formula is C16H17F3N4O2. The van der Waals surface area contributed by atoms with Crippen LogP contribution in [0.5, 0.6) is 0 Å². The molecule has 3 heterocycles. The Kier molecular flexibility index (Phi) is 4.49. The molecule has 6 nitrogen and oxygen atoms in total. The number of pyridine rings is 1. The number of carbonyl (C=O) groups excluding carboxylic acids is 1. The fourth-order valence-electron chi connectivity index (χ4n) is 2.80. The Morgan fingerprint density at radius 1 is 1.40 bits per heavy atom. The van der Waals surface area contributed by atoms with Crippen LogP contribution in [0.25, 0.3) is 11.4 Å². The van der Waals surface area contributed by atoms with Crippen molar-refractivity contribution in [3.05, 3.63) is 29.9 Å². The third-order valence-corrected chi connectivity index (χ3v) is 3.90. The zero-order valence-corrected chi connectivity index (χ0v) is 13.7. The number of aromatic nitrogens is 3. The van der Waals surface area contributed by atoms with E-state index in [2.05, 4.69) is 15.1 Å². The van der Waals surface area contributed by atoms with Crippen molar-refractivity contribution in [2.24, 2.45) is 5.92 Å². The van der Waals surface area contributed by atoms with E-state index in [1.165, 1.54) is 6.07 Å². The zero-order valence-electron chi connectivity index (χ0n) is 13.7. The molecule has 3 rings (SSSR count). The highest BCUT2D eigenvalue weighted by Gasteiger charge is 2.35. The summed E-state index contributed by atoms with van der Waals surface area (Å²) in [6.07, 6.45) is -3.23. The Morgan fingerprint density at radius 3 is 2.84 bits per heavy atom. The van der Waals surface area contributed by atoms with Gasteiger partial charge in [-0.1, -0.05) is 19.0 Å². The quantitative estimate of drug-likeness (QED) is 0.844. The van der Waals surface area contributed by atoms with Crippen LogP contribution in [-0.2, 0) is 11.0 Å². The van der Waals surface area contributed by atoms with Gasteiger partial charge in [0.15, 0.2) is 0 Å². The van der Waals surface area contributed by atoms with E-state index in [4.69, 9.17) is 4.52 Å². The first-order valence-corrected chi connectivity index (χ1v) is 7.89. The second-order valence-electron chi connectivity index (χ2n) is 6.48. The summed E-state index contributed by atoms with van der Waals surface area (Å²) in [6.45, 7) is 5.17. The highest BCUT2D eigenvalue weighted by Crippen LogP contribution is 2.31. The van der Waals surface area contributed by atoms with Gasteiger partial charge in [-0.2, -0.15) is 18.2 Å². The molecular weight excluding hydrogens is 337 g/mol. The molecule has 1 saturated heterocycles. The minimum Gasteiger partial charge on any atom is -0.342 e. The Labute approximate surface area is 142 Å². The number of halogens is 3. The predicted molar refractivity (Wildman–Crippen MR) is 81.3 cm³/mol. The molecule has 1 aliphatic rings. The zero-order chi connectivity index (χ0) is 18.2. The van der Waals surface area contributed by atoms with Gasteiger partial charge in [0.1, 0.15) is 5.69 Å². The molecule has 0 aromatic carbocycles. The average molecular weight is 354 g/mol. The van der Waals surface area contributed by atoms with Gasteiger partial charge >= 0.3 is 6.18 Å². The third kappa shape index (κ3) is 3.80. The molecule has 0 bridgehead atoms. The molecule has 134 valence electrons. The number of likely N-dealkylation sites (tertiary alicyclic amines) is 1. The lowest BCUT2D eigenvalue weighted by molar-refractivity contribution is -0.141. The third-order valence-electron chi connectivity index (χ3n) is 3.90. The second kappa shape index (κ2) is 6.45. The fraction of sp³-hybridized carbons (Fsp3) is 0.500. The van der Waals surface area contributed by atoms with Crippen molar-refractivity contribution in [2.75, 3.05) is 13.1 Å². The first-order valence-electron chi connectivity index (χ1n) is 7.89. The van der Waals surface area contributed by atoms with Gasteiger partial charge in [0, 0.05) is 31.3 Å². The normalized spacial score (nSPS) is 18.4. The van der Waals surface area contributed by atoms with Crippen molar-refractivity contribution in [3.8, 4) is 11.4 Å². The van der Waals surface area contributed by atoms with Gasteiger partial charge in [-0.05, 0) is 18.1 Å². The first kappa shape index (κ1) is 17.4. The van der Waals surface area contributed by atoms with E-state index >= 15 is 0 Å². The number of nitrogens with zero attached hydrogens (tertiary/aromatic N) is 4. The lowest BCUT2D eigenvalue weighted by Crippen LogP contribution is -2.29. The summed E-state index contributed by atoms with van der Waals surface area (Å²) in [7, 11) is 0. The van der Waals surface area contributed by atoms with Crippen LogP contribution in [0.2, 0.25) is 0 Å². The van der Waals surface area contributed by atoms with Crippen LogP contribution in [-0.4, -0.2) is 39.0 Å². The van der Waals surface area contributed by atoms with Crippen LogP contribution >= 0.6 is 0 Å². The molecule has 2 aromatic heterocycles. The average Bonchev–Trinajstić information content (AvgIpc) is 3.14. The molecule has 25 heavy (non-hydrogen) atoms. The smallest absolute Gasteiger partial charge is 0.342 e. The summed E-state index contributed by atoms with van der Waals surface area (Å²) >= 11 is 0. The van der Waals surface area contributed by atoms with Gasteiger partial charge in [-0.25, -0.2) is 0 Å². The van der Waals surface area contributed by atoms with E-state index in [-0.39, 0.29) is 35.5 Å². The lowest BCUT2D eigenvalue weighted by Gasteiger charge is -2.18. The lowest BCUT2D eigenvalue weighted by atomic mass is 10.1. The SMILES string of the molecule is CC(C)CN1CC(c2nc(-c3ccnc(C(F)(F)F)c3)no2)CC1=O. The summed E-state index contributed by atoms with van der Waals surface area (Å²) in [4.78, 5) is 21.3. The minimum absolute atomic E-state index is 0.0155. The number of amides is 1. The van der Waals surface area contributed by atoms with E-state index in [1.807, 2.05) is 13.8 Å². The monoisotopic (exact) mass is 354 g/mol. The van der Waals surface area contributed by atoms with Crippen LogP contribution in [0, 0.1) is 5.92 Å². The van der Waals surface area contributed by atoms with E-state index in [1.54, 1.807) is 4.90 Å².